The fourth-order valence-corrected chi connectivity index (χ4v) is 0.648. The Morgan fingerprint density at radius 1 is 1.67 bits per heavy atom. The highest BCUT2D eigenvalue weighted by Gasteiger charge is 2.05. The Morgan fingerprint density at radius 3 is 2.22 bits per heavy atom. The maximum Gasteiger partial charge on any atom is 0.359 e. The number of carbonyl (C=O) groups excluding carboxylic acids is 1. The molecule has 1 amide bonds. The van der Waals surface area contributed by atoms with Gasteiger partial charge < -0.3 is 0 Å². The highest BCUT2D eigenvalue weighted by atomic mass is 32.2. The van der Waals surface area contributed by atoms with Gasteiger partial charge in [-0.05, 0) is 0 Å². The third-order valence-electron chi connectivity index (χ3n) is 0.564. The van der Waals surface area contributed by atoms with Crippen LogP contribution in [0.3, 0.4) is 0 Å². The molecule has 6 heteroatoms. The van der Waals surface area contributed by atoms with E-state index in [0.29, 0.717) is 0 Å². The van der Waals surface area contributed by atoms with Crippen molar-refractivity contribution in [3.63, 3.8) is 0 Å². The monoisotopic (exact) mass is 153 g/mol. The van der Waals surface area contributed by atoms with Crippen molar-refractivity contribution in [3.05, 3.63) is 0 Å². The van der Waals surface area contributed by atoms with Gasteiger partial charge in [0.15, 0.2) is 0 Å². The second-order valence-electron chi connectivity index (χ2n) is 1.35. The summed E-state index contributed by atoms with van der Waals surface area (Å²) in [6.45, 7) is 1.47. The third-order valence-corrected chi connectivity index (χ3v) is 1.05. The summed E-state index contributed by atoms with van der Waals surface area (Å²) in [4.78, 5) is 10.2. The van der Waals surface area contributed by atoms with Crippen molar-refractivity contribution in [2.24, 2.45) is 0 Å². The Bertz CT molecular complexity index is 194. The van der Waals surface area contributed by atoms with Crippen LogP contribution in [-0.4, -0.2) is 18.9 Å². The molecule has 0 bridgehead atoms. The Balaban J connectivity index is 3.91. The molecule has 0 heterocycles. The fourth-order valence-electron chi connectivity index (χ4n) is 0.216. The van der Waals surface area contributed by atoms with Crippen LogP contribution in [0, 0.1) is 0 Å². The first-order chi connectivity index (χ1) is 3.95. The van der Waals surface area contributed by atoms with Gasteiger partial charge >= 0.3 is 10.3 Å². The molecular formula is C3H7NO4S. The quantitative estimate of drug-likeness (QED) is 0.514. The lowest BCUT2D eigenvalue weighted by Crippen LogP contribution is -2.28. The van der Waals surface area contributed by atoms with E-state index in [-0.39, 0.29) is 6.42 Å². The van der Waals surface area contributed by atoms with Crippen molar-refractivity contribution < 1.29 is 17.8 Å². The molecule has 0 unspecified atom stereocenters. The summed E-state index contributed by atoms with van der Waals surface area (Å²) in [5, 5.41) is 0. The second-order valence-corrected chi connectivity index (χ2v) is 2.51. The van der Waals surface area contributed by atoms with Crippen molar-refractivity contribution in [3.8, 4) is 0 Å². The lowest BCUT2D eigenvalue weighted by molar-refractivity contribution is -0.119. The zero-order valence-electron chi connectivity index (χ0n) is 4.79. The number of amides is 1. The maximum atomic E-state index is 10.2. The maximum absolute atomic E-state index is 10.2. The minimum atomic E-state index is -4.33. The molecule has 0 aromatic rings. The molecule has 0 aromatic heterocycles. The normalized spacial score (nSPS) is 10.9. The molecule has 2 N–H and O–H groups in total. The molecule has 0 radical (unpaired) electrons. The average molecular weight is 153 g/mol. The molecule has 0 aliphatic carbocycles. The Morgan fingerprint density at radius 2 is 2.11 bits per heavy atom. The van der Waals surface area contributed by atoms with E-state index in [4.69, 9.17) is 4.55 Å². The van der Waals surface area contributed by atoms with Gasteiger partial charge in [-0.15, -0.1) is 0 Å². The summed E-state index contributed by atoms with van der Waals surface area (Å²) < 4.78 is 29.0. The van der Waals surface area contributed by atoms with E-state index in [9.17, 15) is 13.2 Å². The molecule has 5 nitrogen and oxygen atoms in total. The molecule has 0 aliphatic heterocycles. The third kappa shape index (κ3) is 5.25. The molecular weight excluding hydrogens is 146 g/mol. The van der Waals surface area contributed by atoms with Gasteiger partial charge in [-0.3, -0.25) is 9.35 Å². The SMILES string of the molecule is CCC(=O)NS(=O)(=O)O. The number of carbonyl (C=O) groups is 1. The van der Waals surface area contributed by atoms with Gasteiger partial charge in [0.25, 0.3) is 0 Å². The van der Waals surface area contributed by atoms with Gasteiger partial charge in [0.05, 0.1) is 0 Å². The summed E-state index contributed by atoms with van der Waals surface area (Å²) in [5.74, 6) is -0.725. The van der Waals surface area contributed by atoms with Crippen LogP contribution in [-0.2, 0) is 15.1 Å². The lowest BCUT2D eigenvalue weighted by Gasteiger charge is -1.94. The first kappa shape index (κ1) is 8.38. The Kier molecular flexibility index (Phi) is 2.60. The predicted octanol–water partition coefficient (Wildman–Crippen LogP) is -0.685. The molecule has 0 spiro atoms. The van der Waals surface area contributed by atoms with Gasteiger partial charge in [-0.1, -0.05) is 6.92 Å². The highest BCUT2D eigenvalue weighted by Crippen LogP contribution is 1.78. The predicted molar refractivity (Wildman–Crippen MR) is 30.0 cm³/mol. The van der Waals surface area contributed by atoms with E-state index in [2.05, 4.69) is 0 Å². The summed E-state index contributed by atoms with van der Waals surface area (Å²) in [6, 6.07) is 0. The molecule has 0 aromatic carbocycles. The lowest BCUT2D eigenvalue weighted by atomic mass is 10.5. The van der Waals surface area contributed by atoms with Crippen LogP contribution in [0.5, 0.6) is 0 Å². The van der Waals surface area contributed by atoms with E-state index in [1.54, 1.807) is 0 Å². The van der Waals surface area contributed by atoms with Crippen LogP contribution in [0.2, 0.25) is 0 Å². The van der Waals surface area contributed by atoms with Gasteiger partial charge in [0.1, 0.15) is 0 Å². The first-order valence-electron chi connectivity index (χ1n) is 2.23. The van der Waals surface area contributed by atoms with Crippen LogP contribution >= 0.6 is 0 Å². The van der Waals surface area contributed by atoms with Crippen molar-refractivity contribution in [1.29, 1.82) is 0 Å². The van der Waals surface area contributed by atoms with Crippen LogP contribution in [0.25, 0.3) is 0 Å². The average Bonchev–Trinajstić information content (AvgIpc) is 1.62. The van der Waals surface area contributed by atoms with Crippen LogP contribution in [0.1, 0.15) is 13.3 Å². The highest BCUT2D eigenvalue weighted by molar-refractivity contribution is 7.84. The summed E-state index contributed by atoms with van der Waals surface area (Å²) in [6.07, 6.45) is 0.0276. The molecule has 0 atom stereocenters. The summed E-state index contributed by atoms with van der Waals surface area (Å²) in [5.41, 5.74) is 0. The zero-order chi connectivity index (χ0) is 7.49. The summed E-state index contributed by atoms with van der Waals surface area (Å²) in [7, 11) is -4.33. The van der Waals surface area contributed by atoms with E-state index >= 15 is 0 Å². The van der Waals surface area contributed by atoms with Gasteiger partial charge in [0, 0.05) is 6.42 Å². The van der Waals surface area contributed by atoms with Crippen molar-refractivity contribution in [2.75, 3.05) is 0 Å². The topological polar surface area (TPSA) is 83.5 Å². The number of nitrogens with one attached hydrogen (secondary N) is 1. The number of rotatable bonds is 2. The molecule has 0 fully saturated rings. The Labute approximate surface area is 52.9 Å². The molecule has 0 aliphatic rings. The first-order valence-corrected chi connectivity index (χ1v) is 3.67. The van der Waals surface area contributed by atoms with Crippen LogP contribution in [0.15, 0.2) is 0 Å². The van der Waals surface area contributed by atoms with E-state index < -0.39 is 16.2 Å². The molecule has 0 rings (SSSR count). The smallest absolute Gasteiger partial charge is 0.274 e. The number of hydrogen-bond acceptors (Lipinski definition) is 3. The minimum absolute atomic E-state index is 0.0276. The second kappa shape index (κ2) is 2.79. The largest absolute Gasteiger partial charge is 0.359 e. The molecule has 9 heavy (non-hydrogen) atoms. The van der Waals surface area contributed by atoms with Crippen LogP contribution < -0.4 is 4.72 Å². The van der Waals surface area contributed by atoms with Crippen molar-refractivity contribution in [2.45, 2.75) is 13.3 Å². The van der Waals surface area contributed by atoms with Gasteiger partial charge in [0.2, 0.25) is 5.91 Å². The van der Waals surface area contributed by atoms with Crippen molar-refractivity contribution >= 4 is 16.2 Å². The molecule has 0 saturated carbocycles. The minimum Gasteiger partial charge on any atom is -0.274 e. The fraction of sp³-hybridized carbons (Fsp3) is 0.667. The van der Waals surface area contributed by atoms with E-state index in [1.165, 1.54) is 11.6 Å². The van der Waals surface area contributed by atoms with Crippen molar-refractivity contribution in [1.82, 2.24) is 4.72 Å². The van der Waals surface area contributed by atoms with Gasteiger partial charge in [-0.25, -0.2) is 4.72 Å². The molecule has 0 saturated heterocycles. The van der Waals surface area contributed by atoms with E-state index in [1.807, 2.05) is 0 Å². The number of hydrogen-bond donors (Lipinski definition) is 2. The molecule has 54 valence electrons. The van der Waals surface area contributed by atoms with Crippen LogP contribution in [0.4, 0.5) is 0 Å². The summed E-state index contributed by atoms with van der Waals surface area (Å²) >= 11 is 0. The van der Waals surface area contributed by atoms with Gasteiger partial charge in [-0.2, -0.15) is 8.42 Å². The van der Waals surface area contributed by atoms with E-state index in [0.717, 1.165) is 0 Å². The Hall–Kier alpha value is -0.620. The zero-order valence-corrected chi connectivity index (χ0v) is 5.60. The standard InChI is InChI=1S/C3H7NO4S/c1-2-3(5)4-9(6,7)8/h2H2,1H3,(H,4,5)(H,6,7,8).